The number of benzene rings is 1. The standard InChI is InChI=1S/C18H21N3O2S/c1-12(11-14-5-7-15(23-4)8-6-14)20(3)17(22)16-13(2)21-10-9-19-18(21)24-16/h5-10,12H,11H2,1-4H3/t12-/m0/s1. The van der Waals surface area contributed by atoms with Crippen LogP contribution in [0.4, 0.5) is 0 Å². The fraction of sp³-hybridized carbons (Fsp3) is 0.333. The van der Waals surface area contributed by atoms with Gasteiger partial charge >= 0.3 is 0 Å². The van der Waals surface area contributed by atoms with Crippen LogP contribution in [0.25, 0.3) is 4.96 Å². The molecule has 2 aromatic heterocycles. The van der Waals surface area contributed by atoms with Crippen LogP contribution in [0.5, 0.6) is 5.75 Å². The molecule has 1 aromatic carbocycles. The molecule has 0 saturated carbocycles. The van der Waals surface area contributed by atoms with Gasteiger partial charge in [0.1, 0.15) is 10.6 Å². The molecule has 0 unspecified atom stereocenters. The Morgan fingerprint density at radius 1 is 1.38 bits per heavy atom. The van der Waals surface area contributed by atoms with E-state index >= 15 is 0 Å². The van der Waals surface area contributed by atoms with Crippen LogP contribution in [-0.4, -0.2) is 40.4 Å². The second-order valence-corrected chi connectivity index (χ2v) is 6.89. The predicted molar refractivity (Wildman–Crippen MR) is 96.1 cm³/mol. The number of ether oxygens (including phenoxy) is 1. The summed E-state index contributed by atoms with van der Waals surface area (Å²) in [5, 5.41) is 0. The number of likely N-dealkylation sites (N-methyl/N-ethyl adjacent to an activating group) is 1. The molecule has 0 radical (unpaired) electrons. The molecule has 0 spiro atoms. The number of aryl methyl sites for hydroxylation is 1. The molecule has 0 fully saturated rings. The monoisotopic (exact) mass is 343 g/mol. The summed E-state index contributed by atoms with van der Waals surface area (Å²) < 4.78 is 7.14. The molecule has 0 aliphatic carbocycles. The molecule has 1 atom stereocenters. The van der Waals surface area contributed by atoms with E-state index in [2.05, 4.69) is 11.9 Å². The number of amides is 1. The highest BCUT2D eigenvalue weighted by molar-refractivity contribution is 7.19. The minimum Gasteiger partial charge on any atom is -0.497 e. The van der Waals surface area contributed by atoms with Gasteiger partial charge in [0.05, 0.1) is 7.11 Å². The van der Waals surface area contributed by atoms with Crippen LogP contribution in [-0.2, 0) is 6.42 Å². The largest absolute Gasteiger partial charge is 0.497 e. The Labute approximate surface area is 145 Å². The number of thiazole rings is 1. The topological polar surface area (TPSA) is 46.8 Å². The molecule has 126 valence electrons. The average molecular weight is 343 g/mol. The van der Waals surface area contributed by atoms with Crippen LogP contribution < -0.4 is 4.74 Å². The molecule has 24 heavy (non-hydrogen) atoms. The predicted octanol–water partition coefficient (Wildman–Crippen LogP) is 3.42. The van der Waals surface area contributed by atoms with Crippen LogP contribution in [0.3, 0.4) is 0 Å². The van der Waals surface area contributed by atoms with Gasteiger partial charge in [-0.15, -0.1) is 0 Å². The zero-order valence-electron chi connectivity index (χ0n) is 14.3. The number of hydrogen-bond donors (Lipinski definition) is 0. The molecule has 0 aliphatic rings. The molecular formula is C18H21N3O2S. The third-order valence-corrected chi connectivity index (χ3v) is 5.51. The van der Waals surface area contributed by atoms with Crippen LogP contribution in [0.1, 0.15) is 27.9 Å². The number of rotatable bonds is 5. The van der Waals surface area contributed by atoms with E-state index in [9.17, 15) is 4.79 Å². The fourth-order valence-electron chi connectivity index (χ4n) is 2.69. The molecule has 0 saturated heterocycles. The molecule has 5 nitrogen and oxygen atoms in total. The number of carbonyl (C=O) groups is 1. The van der Waals surface area contributed by atoms with E-state index < -0.39 is 0 Å². The summed E-state index contributed by atoms with van der Waals surface area (Å²) in [5.74, 6) is 0.886. The van der Waals surface area contributed by atoms with Gasteiger partial charge < -0.3 is 9.64 Å². The zero-order valence-corrected chi connectivity index (χ0v) is 15.1. The first-order chi connectivity index (χ1) is 11.5. The summed E-state index contributed by atoms with van der Waals surface area (Å²) in [5.41, 5.74) is 2.13. The van der Waals surface area contributed by atoms with Gasteiger partial charge in [0.2, 0.25) is 0 Å². The second kappa shape index (κ2) is 6.65. The van der Waals surface area contributed by atoms with Gasteiger partial charge in [-0.05, 0) is 38.0 Å². The Balaban J connectivity index is 1.74. The second-order valence-electron chi connectivity index (χ2n) is 5.91. The molecule has 0 bridgehead atoms. The maximum absolute atomic E-state index is 12.8. The third kappa shape index (κ3) is 3.01. The highest BCUT2D eigenvalue weighted by atomic mass is 32.1. The van der Waals surface area contributed by atoms with E-state index in [1.165, 1.54) is 16.9 Å². The first-order valence-electron chi connectivity index (χ1n) is 7.83. The van der Waals surface area contributed by atoms with E-state index in [0.717, 1.165) is 27.7 Å². The Kier molecular flexibility index (Phi) is 4.57. The lowest BCUT2D eigenvalue weighted by molar-refractivity contribution is 0.0747. The number of imidazole rings is 1. The minimum atomic E-state index is 0.0454. The maximum atomic E-state index is 12.8. The Morgan fingerprint density at radius 3 is 2.71 bits per heavy atom. The van der Waals surface area contributed by atoms with Crippen molar-refractivity contribution in [2.45, 2.75) is 26.3 Å². The van der Waals surface area contributed by atoms with Crippen molar-refractivity contribution in [3.63, 3.8) is 0 Å². The van der Waals surface area contributed by atoms with Gasteiger partial charge in [-0.3, -0.25) is 9.20 Å². The Bertz CT molecular complexity index is 851. The number of nitrogens with zero attached hydrogens (tertiary/aromatic N) is 3. The van der Waals surface area contributed by atoms with E-state index in [0.29, 0.717) is 0 Å². The van der Waals surface area contributed by atoms with Gasteiger partial charge in [0.25, 0.3) is 5.91 Å². The van der Waals surface area contributed by atoms with Crippen molar-refractivity contribution in [3.05, 3.63) is 52.8 Å². The van der Waals surface area contributed by atoms with E-state index in [4.69, 9.17) is 4.74 Å². The van der Waals surface area contributed by atoms with Crippen molar-refractivity contribution in [3.8, 4) is 5.75 Å². The van der Waals surface area contributed by atoms with Crippen LogP contribution in [0.2, 0.25) is 0 Å². The van der Waals surface area contributed by atoms with E-state index in [-0.39, 0.29) is 11.9 Å². The molecule has 0 aliphatic heterocycles. The zero-order chi connectivity index (χ0) is 17.3. The van der Waals surface area contributed by atoms with Crippen LogP contribution in [0.15, 0.2) is 36.7 Å². The minimum absolute atomic E-state index is 0.0454. The SMILES string of the molecule is COc1ccc(C[C@H](C)N(C)C(=O)c2sc3nccn3c2C)cc1. The van der Waals surface area contributed by atoms with Crippen molar-refractivity contribution in [2.24, 2.45) is 0 Å². The summed E-state index contributed by atoms with van der Waals surface area (Å²) in [6.45, 7) is 4.02. The van der Waals surface area contributed by atoms with Crippen molar-refractivity contribution in [1.29, 1.82) is 0 Å². The van der Waals surface area contributed by atoms with Gasteiger partial charge in [-0.2, -0.15) is 0 Å². The summed E-state index contributed by atoms with van der Waals surface area (Å²) >= 11 is 1.44. The van der Waals surface area contributed by atoms with Gasteiger partial charge in [-0.1, -0.05) is 23.5 Å². The van der Waals surface area contributed by atoms with Gasteiger partial charge in [-0.25, -0.2) is 4.98 Å². The summed E-state index contributed by atoms with van der Waals surface area (Å²) in [4.78, 5) is 20.5. The smallest absolute Gasteiger partial charge is 0.265 e. The van der Waals surface area contributed by atoms with E-state index in [1.54, 1.807) is 13.3 Å². The van der Waals surface area contributed by atoms with Crippen molar-refractivity contribution in [1.82, 2.24) is 14.3 Å². The number of fused-ring (bicyclic) bond motifs is 1. The molecule has 2 heterocycles. The lowest BCUT2D eigenvalue weighted by Gasteiger charge is -2.25. The number of hydrogen-bond acceptors (Lipinski definition) is 4. The van der Waals surface area contributed by atoms with Gasteiger partial charge in [0.15, 0.2) is 4.96 Å². The normalized spacial score (nSPS) is 12.3. The fourth-order valence-corrected chi connectivity index (χ4v) is 3.76. The van der Waals surface area contributed by atoms with Gasteiger partial charge in [0, 0.05) is 31.2 Å². The molecule has 0 N–H and O–H groups in total. The lowest BCUT2D eigenvalue weighted by atomic mass is 10.1. The molecule has 1 amide bonds. The number of carbonyl (C=O) groups excluding carboxylic acids is 1. The number of aromatic nitrogens is 2. The summed E-state index contributed by atoms with van der Waals surface area (Å²) in [7, 11) is 3.52. The van der Waals surface area contributed by atoms with Crippen molar-refractivity contribution < 1.29 is 9.53 Å². The average Bonchev–Trinajstić information content (AvgIpc) is 3.17. The quantitative estimate of drug-likeness (QED) is 0.713. The molecule has 3 aromatic rings. The number of methoxy groups -OCH3 is 1. The molecular weight excluding hydrogens is 322 g/mol. The maximum Gasteiger partial charge on any atom is 0.265 e. The lowest BCUT2D eigenvalue weighted by Crippen LogP contribution is -2.36. The first kappa shape index (κ1) is 16.5. The highest BCUT2D eigenvalue weighted by Crippen LogP contribution is 2.24. The van der Waals surface area contributed by atoms with Crippen LogP contribution in [0, 0.1) is 6.92 Å². The Morgan fingerprint density at radius 2 is 2.08 bits per heavy atom. The first-order valence-corrected chi connectivity index (χ1v) is 8.65. The Hall–Kier alpha value is -2.34. The highest BCUT2D eigenvalue weighted by Gasteiger charge is 2.23. The molecule has 6 heteroatoms. The summed E-state index contributed by atoms with van der Waals surface area (Å²) in [6.07, 6.45) is 4.44. The van der Waals surface area contributed by atoms with E-state index in [1.807, 2.05) is 53.7 Å². The summed E-state index contributed by atoms with van der Waals surface area (Å²) in [6, 6.07) is 8.07. The van der Waals surface area contributed by atoms with Crippen LogP contribution >= 0.6 is 11.3 Å². The molecule has 3 rings (SSSR count). The van der Waals surface area contributed by atoms with Crippen molar-refractivity contribution >= 4 is 22.2 Å². The van der Waals surface area contributed by atoms with Crippen molar-refractivity contribution in [2.75, 3.05) is 14.2 Å². The third-order valence-electron chi connectivity index (χ3n) is 4.36.